The lowest BCUT2D eigenvalue weighted by Gasteiger charge is -1.81. The fourth-order valence-electron chi connectivity index (χ4n) is 0.423. The Hall–Kier alpha value is -1.98. The Morgan fingerprint density at radius 1 is 0.933 bits per heavy atom. The lowest BCUT2D eigenvalue weighted by atomic mass is 10.2. The monoisotopic (exact) mass is 206 g/mol. The Balaban J connectivity index is -0.0000000718. The van der Waals surface area contributed by atoms with E-state index in [1.807, 2.05) is 0 Å². The van der Waals surface area contributed by atoms with Crippen molar-refractivity contribution in [3.8, 4) is 36.5 Å². The minimum absolute atomic E-state index is 0. The Kier molecular flexibility index (Phi) is 27.7. The van der Waals surface area contributed by atoms with Crippen LogP contribution in [0.4, 0.5) is 0 Å². The average molecular weight is 206 g/mol. The molecule has 0 N–H and O–H groups in total. The number of carbonyl (C=O) groups excluding carboxylic acids is 2. The fraction of sp³-hybridized carbons (Fsp3) is 0.385. The highest BCUT2D eigenvalue weighted by molar-refractivity contribution is 5.96. The van der Waals surface area contributed by atoms with Gasteiger partial charge in [0.25, 0.3) is 0 Å². The van der Waals surface area contributed by atoms with Crippen LogP contribution < -0.4 is 0 Å². The minimum Gasteiger partial charge on any atom is -0.300 e. The van der Waals surface area contributed by atoms with Gasteiger partial charge in [0.1, 0.15) is 11.6 Å². The summed E-state index contributed by atoms with van der Waals surface area (Å²) in [4.78, 5) is 20.1. The highest BCUT2D eigenvalue weighted by Crippen LogP contribution is 1.80. The third-order valence-electron chi connectivity index (χ3n) is 0.705. The Morgan fingerprint density at radius 3 is 1.27 bits per heavy atom. The van der Waals surface area contributed by atoms with Crippen molar-refractivity contribution >= 4 is 11.6 Å². The van der Waals surface area contributed by atoms with E-state index in [-0.39, 0.29) is 32.8 Å². The summed E-state index contributed by atoms with van der Waals surface area (Å²) in [7, 11) is 0. The lowest BCUT2D eigenvalue weighted by molar-refractivity contribution is -0.124. The molecule has 0 aliphatic rings. The second kappa shape index (κ2) is 17.9. The Labute approximate surface area is 93.5 Å². The molecule has 0 amide bonds. The first-order chi connectivity index (χ1) is 6.04. The van der Waals surface area contributed by atoms with Gasteiger partial charge in [-0.05, 0) is 37.5 Å². The van der Waals surface area contributed by atoms with Crippen LogP contribution in [-0.4, -0.2) is 11.6 Å². The van der Waals surface area contributed by atoms with E-state index in [0.29, 0.717) is 0 Å². The number of hydrogen-bond acceptors (Lipinski definition) is 2. The molecule has 82 valence electrons. The molecule has 2 heteroatoms. The zero-order chi connectivity index (χ0) is 10.7. The van der Waals surface area contributed by atoms with Gasteiger partial charge in [0.15, 0.2) is 0 Å². The standard InChI is InChI=1S/C6H2.C5H8O2.2CH4/c1-3-5-6-4-2;1-4(6)3-5(2)7;;/h1-2H;3H2,1-2H3;2*1H4. The first kappa shape index (κ1) is 23.1. The van der Waals surface area contributed by atoms with Crippen molar-refractivity contribution in [1.29, 1.82) is 0 Å². The van der Waals surface area contributed by atoms with E-state index in [2.05, 4.69) is 23.7 Å². The van der Waals surface area contributed by atoms with Crippen LogP contribution in [0.3, 0.4) is 0 Å². The highest BCUT2D eigenvalue weighted by atomic mass is 16.1. The highest BCUT2D eigenvalue weighted by Gasteiger charge is 1.94. The van der Waals surface area contributed by atoms with Crippen molar-refractivity contribution in [3.63, 3.8) is 0 Å². The van der Waals surface area contributed by atoms with Crippen LogP contribution in [0.1, 0.15) is 35.1 Å². The summed E-state index contributed by atoms with van der Waals surface area (Å²) in [6.45, 7) is 2.81. The molecule has 0 heterocycles. The van der Waals surface area contributed by atoms with Crippen molar-refractivity contribution in [2.75, 3.05) is 0 Å². The fourth-order valence-corrected chi connectivity index (χ4v) is 0.423. The number of ketones is 2. The molecule has 0 atom stereocenters. The maximum absolute atomic E-state index is 10.0. The molecule has 0 aliphatic heterocycles. The molecule has 0 aromatic heterocycles. The van der Waals surface area contributed by atoms with E-state index >= 15 is 0 Å². The average Bonchev–Trinajstić information content (AvgIpc) is 1.99. The van der Waals surface area contributed by atoms with Gasteiger partial charge in [-0.15, -0.1) is 12.8 Å². The zero-order valence-corrected chi connectivity index (χ0v) is 7.68. The second-order valence-electron chi connectivity index (χ2n) is 2.12. The number of Topliss-reactive ketones (excluding diaryl/α,β-unsaturated/α-hetero) is 2. The minimum atomic E-state index is -0.0625. The molecule has 0 fully saturated rings. The summed E-state index contributed by atoms with van der Waals surface area (Å²) in [5, 5.41) is 0. The Bertz CT molecular complexity index is 283. The van der Waals surface area contributed by atoms with Crippen molar-refractivity contribution in [2.24, 2.45) is 0 Å². The van der Waals surface area contributed by atoms with Crippen LogP contribution in [-0.2, 0) is 9.59 Å². The molecule has 2 nitrogen and oxygen atoms in total. The third-order valence-corrected chi connectivity index (χ3v) is 0.705. The number of rotatable bonds is 2. The summed E-state index contributed by atoms with van der Waals surface area (Å²) >= 11 is 0. The normalized spacial score (nSPS) is 5.07. The van der Waals surface area contributed by atoms with E-state index in [0.717, 1.165) is 0 Å². The molecule has 0 unspecified atom stereocenters. The molecule has 0 rings (SSSR count). The quantitative estimate of drug-likeness (QED) is 0.512. The predicted molar refractivity (Wildman–Crippen MR) is 64.9 cm³/mol. The molecular formula is C13H18O2. The van der Waals surface area contributed by atoms with Gasteiger partial charge in [0, 0.05) is 0 Å². The van der Waals surface area contributed by atoms with Crippen molar-refractivity contribution in [3.05, 3.63) is 0 Å². The van der Waals surface area contributed by atoms with Gasteiger partial charge in [-0.1, -0.05) is 14.9 Å². The van der Waals surface area contributed by atoms with Gasteiger partial charge in [0.05, 0.1) is 6.42 Å². The van der Waals surface area contributed by atoms with Crippen LogP contribution >= 0.6 is 0 Å². The second-order valence-corrected chi connectivity index (χ2v) is 2.12. The summed E-state index contributed by atoms with van der Waals surface area (Å²) < 4.78 is 0. The molecule has 0 saturated heterocycles. The molecule has 0 saturated carbocycles. The molecule has 0 bridgehead atoms. The van der Waals surface area contributed by atoms with E-state index in [1.54, 1.807) is 0 Å². The predicted octanol–water partition coefficient (Wildman–Crippen LogP) is 2.08. The van der Waals surface area contributed by atoms with Crippen LogP contribution in [0.5, 0.6) is 0 Å². The van der Waals surface area contributed by atoms with Gasteiger partial charge < -0.3 is 0 Å². The summed E-state index contributed by atoms with van der Waals surface area (Å²) in [6.07, 6.45) is 9.47. The molecule has 0 aromatic carbocycles. The van der Waals surface area contributed by atoms with E-state index in [4.69, 9.17) is 12.8 Å². The van der Waals surface area contributed by atoms with E-state index in [9.17, 15) is 9.59 Å². The summed E-state index contributed by atoms with van der Waals surface area (Å²) in [5.74, 6) is 8.48. The number of hydrogen-bond donors (Lipinski definition) is 0. The van der Waals surface area contributed by atoms with Gasteiger partial charge in [-0.25, -0.2) is 0 Å². The first-order valence-electron chi connectivity index (χ1n) is 3.44. The third kappa shape index (κ3) is 47.9. The maximum Gasteiger partial charge on any atom is 0.137 e. The van der Waals surface area contributed by atoms with Crippen LogP contribution in [0.25, 0.3) is 0 Å². The van der Waals surface area contributed by atoms with Crippen molar-refractivity contribution in [2.45, 2.75) is 35.1 Å². The molecule has 0 aliphatic carbocycles. The van der Waals surface area contributed by atoms with E-state index in [1.165, 1.54) is 13.8 Å². The van der Waals surface area contributed by atoms with Crippen molar-refractivity contribution < 1.29 is 9.59 Å². The summed E-state index contributed by atoms with van der Waals surface area (Å²) in [5.41, 5.74) is 0. The van der Waals surface area contributed by atoms with Gasteiger partial charge in [-0.3, -0.25) is 9.59 Å². The van der Waals surface area contributed by atoms with Crippen LogP contribution in [0, 0.1) is 36.5 Å². The van der Waals surface area contributed by atoms with Crippen LogP contribution in [0.15, 0.2) is 0 Å². The molecule has 0 aromatic rings. The largest absolute Gasteiger partial charge is 0.300 e. The van der Waals surface area contributed by atoms with Crippen molar-refractivity contribution in [1.82, 2.24) is 0 Å². The molecule has 15 heavy (non-hydrogen) atoms. The van der Waals surface area contributed by atoms with Gasteiger partial charge in [0.2, 0.25) is 0 Å². The number of carbonyl (C=O) groups is 2. The zero-order valence-electron chi connectivity index (χ0n) is 7.68. The van der Waals surface area contributed by atoms with Gasteiger partial charge in [-0.2, -0.15) is 0 Å². The SMILES string of the molecule is C.C.C#CC#CC#C.CC(=O)CC(C)=O. The lowest BCUT2D eigenvalue weighted by Crippen LogP contribution is -1.97. The molecule has 0 radical (unpaired) electrons. The van der Waals surface area contributed by atoms with Gasteiger partial charge >= 0.3 is 0 Å². The molecular weight excluding hydrogens is 188 g/mol. The topological polar surface area (TPSA) is 34.1 Å². The smallest absolute Gasteiger partial charge is 0.137 e. The number of terminal acetylenes is 2. The first-order valence-corrected chi connectivity index (χ1v) is 3.44. The Morgan fingerprint density at radius 2 is 1.20 bits per heavy atom. The van der Waals surface area contributed by atoms with Crippen LogP contribution in [0.2, 0.25) is 0 Å². The molecule has 0 spiro atoms. The summed E-state index contributed by atoms with van der Waals surface area (Å²) in [6, 6.07) is 0. The maximum atomic E-state index is 10.0. The van der Waals surface area contributed by atoms with E-state index < -0.39 is 0 Å².